The molecule has 0 fully saturated rings. The Kier molecular flexibility index (Phi) is 5.52. The van der Waals surface area contributed by atoms with E-state index in [-0.39, 0.29) is 0 Å². The number of aliphatic hydroxyl groups is 1. The molecule has 2 unspecified atom stereocenters. The summed E-state index contributed by atoms with van der Waals surface area (Å²) in [6.45, 7) is 1.93. The zero-order chi connectivity index (χ0) is 17.0. The molecule has 2 rings (SSSR count). The van der Waals surface area contributed by atoms with Crippen LogP contribution in [0.3, 0.4) is 0 Å². The number of nitrogens with two attached hydrogens (primary N) is 1. The van der Waals surface area contributed by atoms with Crippen molar-refractivity contribution in [1.29, 1.82) is 0 Å². The average molecular weight is 333 g/mol. The highest BCUT2D eigenvalue weighted by molar-refractivity contribution is 7.99. The molecule has 2 atom stereocenters. The van der Waals surface area contributed by atoms with E-state index in [2.05, 4.69) is 0 Å². The van der Waals surface area contributed by atoms with Crippen molar-refractivity contribution in [3.05, 3.63) is 53.6 Å². The third kappa shape index (κ3) is 4.18. The first-order valence-electron chi connectivity index (χ1n) is 7.00. The van der Waals surface area contributed by atoms with Gasteiger partial charge in [0.15, 0.2) is 6.10 Å². The van der Waals surface area contributed by atoms with Gasteiger partial charge in [-0.05, 0) is 42.3 Å². The van der Waals surface area contributed by atoms with Crippen molar-refractivity contribution in [2.75, 3.05) is 12.8 Å². The number of aryl methyl sites for hydroxylation is 1. The molecule has 4 N–H and O–H groups in total. The van der Waals surface area contributed by atoms with Gasteiger partial charge in [-0.2, -0.15) is 0 Å². The number of hydrogen-bond acceptors (Lipinski definition) is 5. The minimum Gasteiger partial charge on any atom is -0.497 e. The molecule has 2 aromatic carbocycles. The molecule has 0 saturated heterocycles. The van der Waals surface area contributed by atoms with Gasteiger partial charge in [0.1, 0.15) is 5.75 Å². The van der Waals surface area contributed by atoms with Crippen LogP contribution in [0.1, 0.15) is 16.4 Å². The number of thioether (sulfide) groups is 1. The second kappa shape index (κ2) is 7.39. The minimum atomic E-state index is -1.55. The van der Waals surface area contributed by atoms with Gasteiger partial charge in [0.05, 0.1) is 12.4 Å². The summed E-state index contributed by atoms with van der Waals surface area (Å²) < 4.78 is 5.10. The quantitative estimate of drug-likeness (QED) is 0.556. The van der Waals surface area contributed by atoms with Gasteiger partial charge in [-0.25, -0.2) is 4.79 Å². The second-order valence-electron chi connectivity index (χ2n) is 5.14. The van der Waals surface area contributed by atoms with Gasteiger partial charge in [-0.15, -0.1) is 11.8 Å². The van der Waals surface area contributed by atoms with Crippen LogP contribution in [0.2, 0.25) is 0 Å². The summed E-state index contributed by atoms with van der Waals surface area (Å²) in [5, 5.41) is 18.6. The number of aliphatic carboxylic acids is 1. The molecule has 0 aliphatic heterocycles. The van der Waals surface area contributed by atoms with E-state index in [1.807, 2.05) is 19.1 Å². The fraction of sp³-hybridized carbons (Fsp3) is 0.235. The fourth-order valence-corrected chi connectivity index (χ4v) is 3.39. The van der Waals surface area contributed by atoms with Crippen molar-refractivity contribution < 1.29 is 19.7 Å². The topological polar surface area (TPSA) is 92.8 Å². The number of benzene rings is 2. The third-order valence-electron chi connectivity index (χ3n) is 3.41. The Hall–Kier alpha value is -2.18. The number of rotatable bonds is 6. The molecule has 0 aliphatic carbocycles. The summed E-state index contributed by atoms with van der Waals surface area (Å²) >= 11 is 1.24. The highest BCUT2D eigenvalue weighted by Gasteiger charge is 2.29. The predicted molar refractivity (Wildman–Crippen MR) is 90.8 cm³/mol. The van der Waals surface area contributed by atoms with E-state index in [0.29, 0.717) is 17.0 Å². The van der Waals surface area contributed by atoms with Gasteiger partial charge in [-0.3, -0.25) is 0 Å². The third-order valence-corrected chi connectivity index (χ3v) is 4.80. The van der Waals surface area contributed by atoms with Crippen molar-refractivity contribution in [1.82, 2.24) is 0 Å². The normalized spacial score (nSPS) is 13.3. The Morgan fingerprint density at radius 2 is 1.87 bits per heavy atom. The van der Waals surface area contributed by atoms with Crippen LogP contribution in [0, 0.1) is 6.92 Å². The van der Waals surface area contributed by atoms with Crippen LogP contribution < -0.4 is 10.5 Å². The fourth-order valence-electron chi connectivity index (χ4n) is 2.12. The standard InChI is InChI=1S/C17H19NO4S/c1-10-3-8-13(18)14(9-10)23-16(15(19)17(20)21)11-4-6-12(22-2)7-5-11/h3-9,15-16,19H,18H2,1-2H3,(H,20,21). The Morgan fingerprint density at radius 3 is 2.43 bits per heavy atom. The van der Waals surface area contributed by atoms with Gasteiger partial charge in [0.25, 0.3) is 0 Å². The lowest BCUT2D eigenvalue weighted by atomic mass is 10.1. The SMILES string of the molecule is COc1ccc(C(Sc2cc(C)ccc2N)C(O)C(=O)O)cc1. The van der Waals surface area contributed by atoms with E-state index < -0.39 is 17.3 Å². The predicted octanol–water partition coefficient (Wildman–Crippen LogP) is 2.86. The van der Waals surface area contributed by atoms with Gasteiger partial charge in [-0.1, -0.05) is 18.2 Å². The monoisotopic (exact) mass is 333 g/mol. The smallest absolute Gasteiger partial charge is 0.334 e. The maximum atomic E-state index is 11.3. The van der Waals surface area contributed by atoms with Crippen molar-refractivity contribution in [2.24, 2.45) is 0 Å². The Bertz CT molecular complexity index is 687. The zero-order valence-corrected chi connectivity index (χ0v) is 13.7. The molecular weight excluding hydrogens is 314 g/mol. The lowest BCUT2D eigenvalue weighted by Gasteiger charge is -2.21. The first-order chi connectivity index (χ1) is 10.9. The van der Waals surface area contributed by atoms with Gasteiger partial charge in [0, 0.05) is 10.6 Å². The molecule has 0 spiro atoms. The molecule has 0 heterocycles. The molecule has 6 heteroatoms. The molecule has 5 nitrogen and oxygen atoms in total. The van der Waals surface area contributed by atoms with E-state index in [4.69, 9.17) is 10.5 Å². The van der Waals surface area contributed by atoms with Crippen molar-refractivity contribution >= 4 is 23.4 Å². The number of methoxy groups -OCH3 is 1. The highest BCUT2D eigenvalue weighted by Crippen LogP contribution is 2.41. The van der Waals surface area contributed by atoms with Crippen molar-refractivity contribution in [3.63, 3.8) is 0 Å². The molecular formula is C17H19NO4S. The maximum Gasteiger partial charge on any atom is 0.334 e. The first-order valence-corrected chi connectivity index (χ1v) is 7.88. The number of ether oxygens (including phenoxy) is 1. The summed E-state index contributed by atoms with van der Waals surface area (Å²) in [6.07, 6.45) is -1.55. The Morgan fingerprint density at radius 1 is 1.22 bits per heavy atom. The Labute approximate surface area is 139 Å². The molecule has 23 heavy (non-hydrogen) atoms. The van der Waals surface area contributed by atoms with E-state index >= 15 is 0 Å². The van der Waals surface area contributed by atoms with Crippen LogP contribution in [0.15, 0.2) is 47.4 Å². The Balaban J connectivity index is 2.37. The largest absolute Gasteiger partial charge is 0.497 e. The van der Waals surface area contributed by atoms with E-state index in [1.165, 1.54) is 11.8 Å². The number of carboxylic acids is 1. The van der Waals surface area contributed by atoms with Gasteiger partial charge >= 0.3 is 5.97 Å². The molecule has 0 saturated carbocycles. The summed E-state index contributed by atoms with van der Waals surface area (Å²) in [7, 11) is 1.56. The molecule has 0 amide bonds. The maximum absolute atomic E-state index is 11.3. The number of carboxylic acid groups (broad SMARTS) is 1. The van der Waals surface area contributed by atoms with Crippen molar-refractivity contribution in [3.8, 4) is 5.75 Å². The average Bonchev–Trinajstić information content (AvgIpc) is 2.55. The van der Waals surface area contributed by atoms with E-state index in [0.717, 1.165) is 10.5 Å². The molecule has 0 radical (unpaired) electrons. The van der Waals surface area contributed by atoms with Crippen molar-refractivity contribution in [2.45, 2.75) is 23.2 Å². The highest BCUT2D eigenvalue weighted by atomic mass is 32.2. The van der Waals surface area contributed by atoms with E-state index in [9.17, 15) is 15.0 Å². The number of nitrogen functional groups attached to an aromatic ring is 1. The summed E-state index contributed by atoms with van der Waals surface area (Å²) in [4.78, 5) is 12.0. The zero-order valence-electron chi connectivity index (χ0n) is 12.9. The minimum absolute atomic E-state index is 0.553. The first kappa shape index (κ1) is 17.2. The van der Waals surface area contributed by atoms with E-state index in [1.54, 1.807) is 37.4 Å². The van der Waals surface area contributed by atoms with Crippen LogP contribution in [-0.2, 0) is 4.79 Å². The molecule has 0 bridgehead atoms. The summed E-state index contributed by atoms with van der Waals surface area (Å²) in [5.41, 5.74) is 8.22. The lowest BCUT2D eigenvalue weighted by Crippen LogP contribution is -2.26. The van der Waals surface area contributed by atoms with Gasteiger partial charge < -0.3 is 20.7 Å². The summed E-state index contributed by atoms with van der Waals surface area (Å²) in [6, 6.07) is 12.5. The molecule has 0 aliphatic rings. The van der Waals surface area contributed by atoms with Crippen LogP contribution >= 0.6 is 11.8 Å². The number of hydrogen-bond donors (Lipinski definition) is 3. The molecule has 0 aromatic heterocycles. The lowest BCUT2D eigenvalue weighted by molar-refractivity contribution is -0.146. The second-order valence-corrected chi connectivity index (χ2v) is 6.32. The summed E-state index contributed by atoms with van der Waals surface area (Å²) in [5.74, 6) is -0.609. The van der Waals surface area contributed by atoms with Crippen LogP contribution in [0.5, 0.6) is 5.75 Å². The number of carbonyl (C=O) groups is 1. The molecule has 2 aromatic rings. The van der Waals surface area contributed by atoms with Crippen LogP contribution in [-0.4, -0.2) is 29.4 Å². The number of aliphatic hydroxyl groups excluding tert-OH is 1. The van der Waals surface area contributed by atoms with Crippen LogP contribution in [0.25, 0.3) is 0 Å². The molecule has 122 valence electrons. The van der Waals surface area contributed by atoms with Gasteiger partial charge in [0.2, 0.25) is 0 Å². The van der Waals surface area contributed by atoms with Crippen LogP contribution in [0.4, 0.5) is 5.69 Å². The number of anilines is 1.